The van der Waals surface area contributed by atoms with Crippen molar-refractivity contribution in [1.29, 1.82) is 0 Å². The van der Waals surface area contributed by atoms with Gasteiger partial charge in [0.05, 0.1) is 35.0 Å². The second-order valence-corrected chi connectivity index (χ2v) is 11.7. The highest BCUT2D eigenvalue weighted by Gasteiger charge is 2.33. The summed E-state index contributed by atoms with van der Waals surface area (Å²) < 4.78 is 172. The summed E-state index contributed by atoms with van der Waals surface area (Å²) in [6, 6.07) is 18.2. The lowest BCUT2D eigenvalue weighted by molar-refractivity contribution is -0.138. The van der Waals surface area contributed by atoms with E-state index in [0.29, 0.717) is 6.29 Å². The van der Waals surface area contributed by atoms with Gasteiger partial charge in [-0.1, -0.05) is 66.6 Å². The fourth-order valence-corrected chi connectivity index (χ4v) is 3.86. The Hall–Kier alpha value is -5.47. The summed E-state index contributed by atoms with van der Waals surface area (Å²) in [4.78, 5) is 9.91. The molecule has 0 saturated carbocycles. The van der Waals surface area contributed by atoms with E-state index >= 15 is 0 Å². The molecule has 364 valence electrons. The molecule has 20 heteroatoms. The summed E-state index contributed by atoms with van der Waals surface area (Å²) in [6.45, 7) is 4.59. The van der Waals surface area contributed by atoms with Gasteiger partial charge in [-0.3, -0.25) is 4.79 Å². The number of methoxy groups -OCH3 is 1. The van der Waals surface area contributed by atoms with E-state index in [1.807, 2.05) is 0 Å². The Labute approximate surface area is 366 Å². The lowest BCUT2D eigenvalue weighted by Crippen LogP contribution is -2.21. The molecule has 0 radical (unpaired) electrons. The van der Waals surface area contributed by atoms with Gasteiger partial charge in [0.25, 0.3) is 0 Å². The van der Waals surface area contributed by atoms with E-state index in [2.05, 4.69) is 6.58 Å². The first-order chi connectivity index (χ1) is 27.9. The zero-order valence-electron chi connectivity index (χ0n) is 31.7. The van der Waals surface area contributed by atoms with E-state index < -0.39 is 59.7 Å². The number of aldehydes is 1. The van der Waals surface area contributed by atoms with Crippen LogP contribution in [-0.4, -0.2) is 68.9 Å². The van der Waals surface area contributed by atoms with Crippen LogP contribution in [0.4, 0.5) is 52.7 Å². The molecule has 0 amide bonds. The van der Waals surface area contributed by atoms with E-state index in [4.69, 9.17) is 33.9 Å². The normalized spacial score (nSPS) is 11.6. The summed E-state index contributed by atoms with van der Waals surface area (Å²) in [7, 11) is 1.51. The third kappa shape index (κ3) is 26.9. The van der Waals surface area contributed by atoms with Crippen LogP contribution in [0.2, 0.25) is 0 Å². The van der Waals surface area contributed by atoms with Crippen LogP contribution >= 0.6 is 0 Å². The largest absolute Gasteiger partial charge is 0.491 e. The maximum absolute atomic E-state index is 12.4. The molecule has 0 aliphatic heterocycles. The molecule has 0 fully saturated rings. The lowest BCUT2D eigenvalue weighted by atomic mass is 10.2. The highest BCUT2D eigenvalue weighted by Crippen LogP contribution is 2.34. The van der Waals surface area contributed by atoms with Gasteiger partial charge in [-0.25, -0.2) is 0 Å². The summed E-state index contributed by atoms with van der Waals surface area (Å²) in [5.41, 5.74) is -3.03. The van der Waals surface area contributed by atoms with Gasteiger partial charge >= 0.3 is 24.7 Å². The molecule has 4 aromatic carbocycles. The van der Waals surface area contributed by atoms with Gasteiger partial charge in [0.15, 0.2) is 6.29 Å². The van der Waals surface area contributed by atoms with Crippen molar-refractivity contribution in [2.45, 2.75) is 73.5 Å². The maximum Gasteiger partial charge on any atom is 0.416 e. The molecule has 0 aliphatic rings. The molecule has 2 unspecified atom stereocenters. The average Bonchev–Trinajstić information content (AvgIpc) is 3.20. The quantitative estimate of drug-likeness (QED) is 0.0732. The van der Waals surface area contributed by atoms with Crippen LogP contribution in [0.25, 0.3) is 0 Å². The van der Waals surface area contributed by atoms with Gasteiger partial charge < -0.3 is 33.9 Å². The third-order valence-electron chi connectivity index (χ3n) is 6.87. The van der Waals surface area contributed by atoms with Crippen molar-refractivity contribution in [1.82, 2.24) is 0 Å². The number of carbonyl (C=O) groups is 1. The van der Waals surface area contributed by atoms with Gasteiger partial charge in [-0.15, -0.1) is 0 Å². The monoisotopic (exact) mass is 940 g/mol. The van der Waals surface area contributed by atoms with Gasteiger partial charge in [0.2, 0.25) is 0 Å². The Bertz CT molecular complexity index is 1710. The highest BCUT2D eigenvalue weighted by molar-refractivity contribution is 5.51. The predicted molar refractivity (Wildman–Crippen MR) is 221 cm³/mol. The number of alkyl halides is 12. The van der Waals surface area contributed by atoms with Crippen molar-refractivity contribution in [3.63, 3.8) is 0 Å². The lowest BCUT2D eigenvalue weighted by Gasteiger charge is -2.13. The van der Waals surface area contributed by atoms with E-state index in [1.165, 1.54) is 61.7 Å². The van der Waals surface area contributed by atoms with Crippen LogP contribution in [-0.2, 0) is 34.2 Å². The van der Waals surface area contributed by atoms with Crippen LogP contribution < -0.4 is 18.9 Å². The number of hydrogen-bond donors (Lipinski definition) is 2. The zero-order valence-corrected chi connectivity index (χ0v) is 31.7. The molecule has 2 atom stereocenters. The Morgan fingerprint density at radius 1 is 0.547 bits per heavy atom. The Balaban J connectivity index is -0.000000368. The standard InChI is InChI=1S/C11H13F3O2.C10H11F3O3.C10H9F3O.C9H7F3O2.4CH4/c1-8(15-2)7-16-10-5-3-4-9(6-10)11(12,13)14;11-10(12,13)7-2-1-3-9(4-7)16-6-8(15)5-14;1-2-6-14-9-5-3-4-8(7-9)10(11,12)13;10-9(11,12)7-2-1-3-8(6-7)14-5-4-13;;;;/h3-6,8H,7H2,1-2H3;1-4,8,14-15H,5-6H2;2-5,7H,1,6H2;1-4,6H,5H2;4*1H4. The fourth-order valence-electron chi connectivity index (χ4n) is 3.86. The molecular weight excluding hydrogens is 884 g/mol. The molecule has 0 spiro atoms. The summed E-state index contributed by atoms with van der Waals surface area (Å²) in [5.74, 6) is 0.424. The van der Waals surface area contributed by atoms with Gasteiger partial charge in [0, 0.05) is 7.11 Å². The number of hydrogen-bond acceptors (Lipinski definition) is 8. The molecule has 0 bridgehead atoms. The Kier molecular flexibility index (Phi) is 32.0. The number of ether oxygens (including phenoxy) is 5. The highest BCUT2D eigenvalue weighted by atomic mass is 19.4. The predicted octanol–water partition coefficient (Wildman–Crippen LogP) is 12.7. The molecular formula is C44H56F12O8. The number of aliphatic hydroxyl groups excluding tert-OH is 2. The van der Waals surface area contributed by atoms with Crippen molar-refractivity contribution in [2.24, 2.45) is 0 Å². The van der Waals surface area contributed by atoms with E-state index in [-0.39, 0.29) is 85.2 Å². The number of aliphatic hydroxyl groups is 2. The molecule has 0 aliphatic carbocycles. The Morgan fingerprint density at radius 3 is 1.11 bits per heavy atom. The SMILES string of the molecule is C.C.C.C.C=CCOc1cccc(C(F)(F)F)c1.COC(C)COc1cccc(C(F)(F)F)c1.O=CCOc1cccc(C(F)(F)F)c1.OCC(O)COc1cccc(C(F)(F)F)c1. The van der Waals surface area contributed by atoms with Crippen LogP contribution in [0.15, 0.2) is 110 Å². The van der Waals surface area contributed by atoms with Crippen LogP contribution in [0.3, 0.4) is 0 Å². The minimum absolute atomic E-state index is 0. The topological polar surface area (TPSA) is 104 Å². The van der Waals surface area contributed by atoms with Crippen molar-refractivity contribution >= 4 is 6.29 Å². The first kappa shape index (κ1) is 65.1. The van der Waals surface area contributed by atoms with E-state index in [0.717, 1.165) is 48.5 Å². The van der Waals surface area contributed by atoms with Gasteiger partial charge in [-0.2, -0.15) is 52.7 Å². The molecule has 0 aromatic heterocycles. The molecule has 4 rings (SSSR count). The number of rotatable bonds is 14. The molecule has 4 aromatic rings. The zero-order chi connectivity index (χ0) is 45.6. The number of benzene rings is 4. The molecule has 64 heavy (non-hydrogen) atoms. The van der Waals surface area contributed by atoms with Gasteiger partial charge in [-0.05, 0) is 79.7 Å². The second kappa shape index (κ2) is 31.4. The minimum atomic E-state index is -4.42. The smallest absolute Gasteiger partial charge is 0.416 e. The maximum atomic E-state index is 12.4. The van der Waals surface area contributed by atoms with Crippen molar-refractivity contribution < 1.29 is 91.4 Å². The van der Waals surface area contributed by atoms with Crippen molar-refractivity contribution in [3.05, 3.63) is 132 Å². The summed E-state index contributed by atoms with van der Waals surface area (Å²) in [5, 5.41) is 17.4. The number of halogens is 12. The second-order valence-electron chi connectivity index (χ2n) is 11.7. The first-order valence-electron chi connectivity index (χ1n) is 17.0. The summed E-state index contributed by atoms with van der Waals surface area (Å²) in [6.07, 6.45) is -16.8. The van der Waals surface area contributed by atoms with Gasteiger partial charge in [0.1, 0.15) is 55.5 Å². The van der Waals surface area contributed by atoms with E-state index in [9.17, 15) is 57.5 Å². The van der Waals surface area contributed by atoms with Crippen molar-refractivity contribution in [3.8, 4) is 23.0 Å². The molecule has 8 nitrogen and oxygen atoms in total. The minimum Gasteiger partial charge on any atom is -0.491 e. The Morgan fingerprint density at radius 2 is 0.844 bits per heavy atom. The third-order valence-corrected chi connectivity index (χ3v) is 6.87. The van der Waals surface area contributed by atoms with Crippen molar-refractivity contribution in [2.75, 3.05) is 40.1 Å². The average molecular weight is 941 g/mol. The van der Waals surface area contributed by atoms with Crippen LogP contribution in [0.1, 0.15) is 58.9 Å². The molecule has 2 N–H and O–H groups in total. The number of carbonyl (C=O) groups excluding carboxylic acids is 1. The summed E-state index contributed by atoms with van der Waals surface area (Å²) >= 11 is 0. The molecule has 0 heterocycles. The van der Waals surface area contributed by atoms with Crippen LogP contribution in [0, 0.1) is 0 Å². The fraction of sp³-hybridized carbons (Fsp3) is 0.386. The molecule has 0 saturated heterocycles. The first-order valence-corrected chi connectivity index (χ1v) is 17.0. The van der Waals surface area contributed by atoms with E-state index in [1.54, 1.807) is 6.92 Å². The van der Waals surface area contributed by atoms with Crippen LogP contribution in [0.5, 0.6) is 23.0 Å².